The topological polar surface area (TPSA) is 30.5 Å². The second-order valence-corrected chi connectivity index (χ2v) is 4.46. The highest BCUT2D eigenvalue weighted by Gasteiger charge is 2.08. The van der Waals surface area contributed by atoms with E-state index in [1.807, 2.05) is 13.0 Å². The Morgan fingerprint density at radius 3 is 2.75 bits per heavy atom. The van der Waals surface area contributed by atoms with Crippen molar-refractivity contribution >= 4 is 15.9 Å². The highest BCUT2D eigenvalue weighted by Crippen LogP contribution is 2.28. The molecule has 0 aliphatic carbocycles. The molecule has 16 heavy (non-hydrogen) atoms. The Morgan fingerprint density at radius 1 is 1.38 bits per heavy atom. The molecule has 4 heteroatoms. The van der Waals surface area contributed by atoms with Crippen LogP contribution in [0.4, 0.5) is 0 Å². The largest absolute Gasteiger partial charge is 0.467 e. The number of hydrogen-bond acceptors (Lipinski definition) is 3. The zero-order valence-corrected chi connectivity index (χ0v) is 11.6. The Balaban J connectivity index is 2.91. The molecule has 0 saturated carbocycles. The van der Waals surface area contributed by atoms with E-state index in [4.69, 9.17) is 9.47 Å². The number of halogens is 1. The van der Waals surface area contributed by atoms with Gasteiger partial charge in [-0.15, -0.1) is 0 Å². The average Bonchev–Trinajstić information content (AvgIpc) is 2.24. The molecule has 0 saturated heterocycles. The van der Waals surface area contributed by atoms with Crippen molar-refractivity contribution in [2.24, 2.45) is 0 Å². The van der Waals surface area contributed by atoms with E-state index in [9.17, 15) is 0 Å². The molecule has 0 amide bonds. The van der Waals surface area contributed by atoms with Crippen LogP contribution in [0.15, 0.2) is 16.6 Å². The van der Waals surface area contributed by atoms with Gasteiger partial charge in [0.1, 0.15) is 5.75 Å². The van der Waals surface area contributed by atoms with Gasteiger partial charge in [0.2, 0.25) is 0 Å². The highest BCUT2D eigenvalue weighted by molar-refractivity contribution is 9.10. The van der Waals surface area contributed by atoms with Crippen molar-refractivity contribution in [3.8, 4) is 5.75 Å². The van der Waals surface area contributed by atoms with E-state index < -0.39 is 0 Å². The van der Waals surface area contributed by atoms with Crippen molar-refractivity contribution in [1.29, 1.82) is 0 Å². The molecule has 0 fully saturated rings. The van der Waals surface area contributed by atoms with Crippen LogP contribution in [0.25, 0.3) is 0 Å². The summed E-state index contributed by atoms with van der Waals surface area (Å²) in [6.45, 7) is 6.14. The normalized spacial score (nSPS) is 10.5. The number of methoxy groups -OCH3 is 1. The van der Waals surface area contributed by atoms with Crippen LogP contribution in [-0.2, 0) is 11.3 Å². The molecular formula is C12H18BrNO2. The molecule has 0 radical (unpaired) electrons. The minimum Gasteiger partial charge on any atom is -0.467 e. The molecule has 0 atom stereocenters. The van der Waals surface area contributed by atoms with Crippen LogP contribution >= 0.6 is 15.9 Å². The molecule has 0 heterocycles. The van der Waals surface area contributed by atoms with E-state index >= 15 is 0 Å². The number of hydrogen-bond donors (Lipinski definition) is 1. The summed E-state index contributed by atoms with van der Waals surface area (Å²) >= 11 is 3.49. The molecule has 3 nitrogen and oxygen atoms in total. The lowest BCUT2D eigenvalue weighted by Crippen LogP contribution is -2.14. The van der Waals surface area contributed by atoms with Crippen molar-refractivity contribution in [2.75, 3.05) is 20.4 Å². The zero-order valence-electron chi connectivity index (χ0n) is 9.97. The molecule has 0 aliphatic rings. The summed E-state index contributed by atoms with van der Waals surface area (Å²) in [4.78, 5) is 0. The summed E-state index contributed by atoms with van der Waals surface area (Å²) in [6.07, 6.45) is 0. The molecule has 1 rings (SSSR count). The van der Waals surface area contributed by atoms with Crippen molar-refractivity contribution in [3.05, 3.63) is 27.7 Å². The fourth-order valence-corrected chi connectivity index (χ4v) is 2.13. The monoisotopic (exact) mass is 287 g/mol. The molecule has 90 valence electrons. The quantitative estimate of drug-likeness (QED) is 0.816. The minimum atomic E-state index is 0.279. The predicted molar refractivity (Wildman–Crippen MR) is 68.8 cm³/mol. The first-order valence-electron chi connectivity index (χ1n) is 5.30. The maximum absolute atomic E-state index is 5.59. The van der Waals surface area contributed by atoms with E-state index in [0.29, 0.717) is 0 Å². The van der Waals surface area contributed by atoms with Crippen LogP contribution in [-0.4, -0.2) is 20.4 Å². The summed E-state index contributed by atoms with van der Waals surface area (Å²) in [5.74, 6) is 0.908. The maximum Gasteiger partial charge on any atom is 0.188 e. The van der Waals surface area contributed by atoms with Gasteiger partial charge in [-0.05, 0) is 31.2 Å². The third kappa shape index (κ3) is 3.77. The Hall–Kier alpha value is -0.580. The third-order valence-corrected chi connectivity index (χ3v) is 2.66. The minimum absolute atomic E-state index is 0.279. The lowest BCUT2D eigenvalue weighted by molar-refractivity contribution is 0.0498. The molecular weight excluding hydrogens is 270 g/mol. The van der Waals surface area contributed by atoms with Gasteiger partial charge in [-0.3, -0.25) is 0 Å². The molecule has 0 unspecified atom stereocenters. The van der Waals surface area contributed by atoms with Gasteiger partial charge in [-0.1, -0.05) is 22.9 Å². The predicted octanol–water partition coefficient (Wildman–Crippen LogP) is 2.85. The lowest BCUT2D eigenvalue weighted by Gasteiger charge is -2.14. The SMILES string of the molecule is CCNCc1cc(Br)cc(C)c1OCOC. The van der Waals surface area contributed by atoms with Crippen LogP contribution in [0, 0.1) is 6.92 Å². The second-order valence-electron chi connectivity index (χ2n) is 3.54. The fraction of sp³-hybridized carbons (Fsp3) is 0.500. The third-order valence-electron chi connectivity index (χ3n) is 2.20. The van der Waals surface area contributed by atoms with Crippen LogP contribution in [0.1, 0.15) is 18.1 Å². The number of ether oxygens (including phenoxy) is 2. The summed E-state index contributed by atoms with van der Waals surface area (Å²) < 4.78 is 11.6. The van der Waals surface area contributed by atoms with Gasteiger partial charge in [0, 0.05) is 23.7 Å². The van der Waals surface area contributed by atoms with Crippen LogP contribution in [0.3, 0.4) is 0 Å². The van der Waals surface area contributed by atoms with Crippen molar-refractivity contribution in [2.45, 2.75) is 20.4 Å². The van der Waals surface area contributed by atoms with E-state index in [-0.39, 0.29) is 6.79 Å². The van der Waals surface area contributed by atoms with Gasteiger partial charge < -0.3 is 14.8 Å². The molecule has 1 aromatic carbocycles. The van der Waals surface area contributed by atoms with Crippen molar-refractivity contribution in [1.82, 2.24) is 5.32 Å². The zero-order chi connectivity index (χ0) is 12.0. The van der Waals surface area contributed by atoms with Crippen LogP contribution < -0.4 is 10.1 Å². The van der Waals surface area contributed by atoms with Gasteiger partial charge in [0.15, 0.2) is 6.79 Å². The van der Waals surface area contributed by atoms with Crippen LogP contribution in [0.5, 0.6) is 5.75 Å². The Labute approximate surface area is 105 Å². The van der Waals surface area contributed by atoms with Crippen molar-refractivity contribution < 1.29 is 9.47 Å². The maximum atomic E-state index is 5.59. The Bertz CT molecular complexity index is 342. The van der Waals surface area contributed by atoms with E-state index in [1.165, 1.54) is 0 Å². The number of nitrogens with one attached hydrogen (secondary N) is 1. The standard InChI is InChI=1S/C12H18BrNO2/c1-4-14-7-10-6-11(13)5-9(2)12(10)16-8-15-3/h5-6,14H,4,7-8H2,1-3H3. The number of aryl methyl sites for hydroxylation is 1. The van der Waals surface area contributed by atoms with Crippen molar-refractivity contribution in [3.63, 3.8) is 0 Å². The molecule has 0 bridgehead atoms. The number of benzene rings is 1. The van der Waals surface area contributed by atoms with Gasteiger partial charge >= 0.3 is 0 Å². The van der Waals surface area contributed by atoms with Gasteiger partial charge in [0.05, 0.1) is 0 Å². The summed E-state index contributed by atoms with van der Waals surface area (Å²) in [5.41, 5.74) is 2.25. The van der Waals surface area contributed by atoms with E-state index in [1.54, 1.807) is 7.11 Å². The Kier molecular flexibility index (Phi) is 5.80. The molecule has 1 N–H and O–H groups in total. The Morgan fingerprint density at radius 2 is 2.12 bits per heavy atom. The number of rotatable bonds is 6. The molecule has 0 aliphatic heterocycles. The molecule has 1 aromatic rings. The first-order valence-corrected chi connectivity index (χ1v) is 6.09. The van der Waals surface area contributed by atoms with Gasteiger partial charge in [-0.25, -0.2) is 0 Å². The first kappa shape index (κ1) is 13.5. The first-order chi connectivity index (χ1) is 7.69. The van der Waals surface area contributed by atoms with E-state index in [0.717, 1.165) is 34.4 Å². The van der Waals surface area contributed by atoms with E-state index in [2.05, 4.69) is 34.2 Å². The van der Waals surface area contributed by atoms with Crippen LogP contribution in [0.2, 0.25) is 0 Å². The van der Waals surface area contributed by atoms with Gasteiger partial charge in [-0.2, -0.15) is 0 Å². The average molecular weight is 288 g/mol. The van der Waals surface area contributed by atoms with Gasteiger partial charge in [0.25, 0.3) is 0 Å². The highest BCUT2D eigenvalue weighted by atomic mass is 79.9. The summed E-state index contributed by atoms with van der Waals surface area (Å²) in [5, 5.41) is 3.29. The molecule has 0 aromatic heterocycles. The summed E-state index contributed by atoms with van der Waals surface area (Å²) in [6, 6.07) is 4.11. The fourth-order valence-electron chi connectivity index (χ4n) is 1.51. The second kappa shape index (κ2) is 6.89. The summed E-state index contributed by atoms with van der Waals surface area (Å²) in [7, 11) is 1.62. The smallest absolute Gasteiger partial charge is 0.188 e. The lowest BCUT2D eigenvalue weighted by atomic mass is 10.1. The molecule has 0 spiro atoms.